The van der Waals surface area contributed by atoms with Crippen molar-refractivity contribution < 1.29 is 28.6 Å². The minimum absolute atomic E-state index is 0.0264. The van der Waals surface area contributed by atoms with Crippen LogP contribution in [-0.2, 0) is 16.1 Å². The minimum atomic E-state index is -1.28. The fourth-order valence-corrected chi connectivity index (χ4v) is 3.97. The number of aromatic nitrogens is 1. The second kappa shape index (κ2) is 9.92. The molecule has 0 aliphatic heterocycles. The molecule has 0 spiro atoms. The molecule has 34 heavy (non-hydrogen) atoms. The van der Waals surface area contributed by atoms with Gasteiger partial charge in [0.15, 0.2) is 17.8 Å². The summed E-state index contributed by atoms with van der Waals surface area (Å²) in [7, 11) is 0. The number of nitrogens with one attached hydrogen (secondary N) is 2. The molecule has 0 radical (unpaired) electrons. The highest BCUT2D eigenvalue weighted by molar-refractivity contribution is 5.88. The standard InChI is InChI=1S/C25H21N3O6/c1-2-7-20(23(29)26-12-21-22(24(30)31)27-14-34-21)28-25(32)33-13-19-17-10-5-3-8-15(17)16-9-4-6-11-18(16)19/h1,3-6,8-11,14,19-20H,7,12-13H2,(H,26,29)(H,28,32)(H,30,31). The maximum absolute atomic E-state index is 12.5. The number of nitrogens with zero attached hydrogens (tertiary/aromatic N) is 1. The van der Waals surface area contributed by atoms with Crippen molar-refractivity contribution in [2.45, 2.75) is 24.9 Å². The molecule has 9 nitrogen and oxygen atoms in total. The van der Waals surface area contributed by atoms with Gasteiger partial charge in [-0.05, 0) is 22.3 Å². The van der Waals surface area contributed by atoms with Crippen molar-refractivity contribution in [3.8, 4) is 23.5 Å². The molecule has 2 amide bonds. The Labute approximate surface area is 195 Å². The molecule has 4 rings (SSSR count). The zero-order valence-electron chi connectivity index (χ0n) is 18.0. The van der Waals surface area contributed by atoms with Crippen LogP contribution in [0.1, 0.15) is 39.7 Å². The number of oxazole rings is 1. The normalized spacial score (nSPS) is 12.7. The molecule has 9 heteroatoms. The number of hydrogen-bond acceptors (Lipinski definition) is 6. The van der Waals surface area contributed by atoms with Crippen LogP contribution in [0.2, 0.25) is 0 Å². The van der Waals surface area contributed by atoms with E-state index in [2.05, 4.69) is 21.5 Å². The zero-order valence-corrected chi connectivity index (χ0v) is 18.0. The van der Waals surface area contributed by atoms with Crippen molar-refractivity contribution in [2.24, 2.45) is 0 Å². The van der Waals surface area contributed by atoms with Crippen molar-refractivity contribution >= 4 is 18.0 Å². The van der Waals surface area contributed by atoms with Gasteiger partial charge in [0.2, 0.25) is 5.91 Å². The monoisotopic (exact) mass is 459 g/mol. The van der Waals surface area contributed by atoms with Gasteiger partial charge in [0.25, 0.3) is 0 Å². The molecular weight excluding hydrogens is 438 g/mol. The molecule has 0 fully saturated rings. The molecule has 172 valence electrons. The summed E-state index contributed by atoms with van der Waals surface area (Å²) in [6.45, 7) is -0.141. The van der Waals surface area contributed by atoms with Crippen LogP contribution in [0.4, 0.5) is 4.79 Å². The van der Waals surface area contributed by atoms with Crippen LogP contribution in [0.15, 0.2) is 59.3 Å². The number of benzene rings is 2. The molecule has 0 saturated carbocycles. The first-order chi connectivity index (χ1) is 16.5. The van der Waals surface area contributed by atoms with Crippen LogP contribution in [0, 0.1) is 12.3 Å². The second-order valence-electron chi connectivity index (χ2n) is 7.58. The van der Waals surface area contributed by atoms with E-state index in [-0.39, 0.29) is 36.9 Å². The smallest absolute Gasteiger partial charge is 0.407 e. The number of carboxylic acids is 1. The lowest BCUT2D eigenvalue weighted by molar-refractivity contribution is -0.123. The van der Waals surface area contributed by atoms with Crippen molar-refractivity contribution in [3.63, 3.8) is 0 Å². The molecule has 0 bridgehead atoms. The van der Waals surface area contributed by atoms with Crippen LogP contribution < -0.4 is 10.6 Å². The van der Waals surface area contributed by atoms with Crippen LogP contribution in [0.3, 0.4) is 0 Å². The van der Waals surface area contributed by atoms with Gasteiger partial charge in [-0.3, -0.25) is 4.79 Å². The molecule has 1 unspecified atom stereocenters. The Morgan fingerprint density at radius 2 is 1.76 bits per heavy atom. The van der Waals surface area contributed by atoms with Gasteiger partial charge in [0, 0.05) is 12.3 Å². The van der Waals surface area contributed by atoms with E-state index in [9.17, 15) is 14.4 Å². The summed E-state index contributed by atoms with van der Waals surface area (Å²) in [5.41, 5.74) is 4.03. The predicted octanol–water partition coefficient (Wildman–Crippen LogP) is 2.92. The number of hydrogen-bond donors (Lipinski definition) is 3. The SMILES string of the molecule is C#CCC(NC(=O)OCC1c2ccccc2-c2ccccc21)C(=O)NCc1ocnc1C(=O)O. The van der Waals surface area contributed by atoms with Crippen LogP contribution in [0.5, 0.6) is 0 Å². The van der Waals surface area contributed by atoms with Crippen molar-refractivity contribution in [1.82, 2.24) is 15.6 Å². The quantitative estimate of drug-likeness (QED) is 0.442. The van der Waals surface area contributed by atoms with Gasteiger partial charge in [-0.15, -0.1) is 12.3 Å². The highest BCUT2D eigenvalue weighted by Crippen LogP contribution is 2.44. The Balaban J connectivity index is 1.37. The molecule has 1 aliphatic rings. The number of amides is 2. The van der Waals surface area contributed by atoms with E-state index in [0.717, 1.165) is 28.6 Å². The fraction of sp³-hybridized carbons (Fsp3) is 0.200. The van der Waals surface area contributed by atoms with E-state index in [4.69, 9.17) is 20.7 Å². The highest BCUT2D eigenvalue weighted by atomic mass is 16.5. The topological polar surface area (TPSA) is 131 Å². The summed E-state index contributed by atoms with van der Waals surface area (Å²) in [6, 6.07) is 14.8. The summed E-state index contributed by atoms with van der Waals surface area (Å²) < 4.78 is 10.5. The lowest BCUT2D eigenvalue weighted by atomic mass is 9.98. The van der Waals surface area contributed by atoms with Crippen LogP contribution in [0.25, 0.3) is 11.1 Å². The molecule has 3 N–H and O–H groups in total. The van der Waals surface area contributed by atoms with Crippen LogP contribution in [-0.4, -0.2) is 40.7 Å². The average molecular weight is 459 g/mol. The number of carbonyl (C=O) groups excluding carboxylic acids is 2. The number of terminal acetylenes is 1. The number of aromatic carboxylic acids is 1. The van der Waals surface area contributed by atoms with Gasteiger partial charge in [-0.2, -0.15) is 0 Å². The van der Waals surface area contributed by atoms with Gasteiger partial charge < -0.3 is 24.9 Å². The summed E-state index contributed by atoms with van der Waals surface area (Å²) >= 11 is 0. The second-order valence-corrected chi connectivity index (χ2v) is 7.58. The lowest BCUT2D eigenvalue weighted by Gasteiger charge is -2.18. The Morgan fingerprint density at radius 1 is 1.12 bits per heavy atom. The third-order valence-corrected chi connectivity index (χ3v) is 5.54. The molecule has 1 aromatic heterocycles. The lowest BCUT2D eigenvalue weighted by Crippen LogP contribution is -2.46. The molecule has 3 aromatic rings. The van der Waals surface area contributed by atoms with E-state index in [1.165, 1.54) is 0 Å². The molecular formula is C25H21N3O6. The van der Waals surface area contributed by atoms with Crippen LogP contribution >= 0.6 is 0 Å². The van der Waals surface area contributed by atoms with E-state index >= 15 is 0 Å². The number of ether oxygens (including phenoxy) is 1. The predicted molar refractivity (Wildman–Crippen MR) is 121 cm³/mol. The molecule has 1 heterocycles. The summed E-state index contributed by atoms with van der Waals surface area (Å²) in [4.78, 5) is 39.7. The van der Waals surface area contributed by atoms with E-state index in [1.54, 1.807) is 0 Å². The van der Waals surface area contributed by atoms with E-state index < -0.39 is 24.0 Å². The minimum Gasteiger partial charge on any atom is -0.476 e. The first kappa shape index (κ1) is 22.6. The molecule has 0 saturated heterocycles. The van der Waals surface area contributed by atoms with Gasteiger partial charge >= 0.3 is 12.1 Å². The number of carbonyl (C=O) groups is 3. The summed E-state index contributed by atoms with van der Waals surface area (Å²) in [6.07, 6.45) is 5.45. The number of carboxylic acid groups (broad SMARTS) is 1. The van der Waals surface area contributed by atoms with Gasteiger partial charge in [0.1, 0.15) is 12.6 Å². The van der Waals surface area contributed by atoms with Gasteiger partial charge in [0.05, 0.1) is 6.54 Å². The maximum Gasteiger partial charge on any atom is 0.407 e. The summed E-state index contributed by atoms with van der Waals surface area (Å²) in [5, 5.41) is 14.0. The van der Waals surface area contributed by atoms with Crippen molar-refractivity contribution in [2.75, 3.05) is 6.61 Å². The number of alkyl carbamates (subject to hydrolysis) is 1. The third kappa shape index (κ3) is 4.61. The molecule has 2 aromatic carbocycles. The van der Waals surface area contributed by atoms with E-state index in [1.807, 2.05) is 48.5 Å². The molecule has 1 aliphatic carbocycles. The summed E-state index contributed by atoms with van der Waals surface area (Å²) in [5.74, 6) is 0.292. The Kier molecular flexibility index (Phi) is 6.59. The number of rotatable bonds is 8. The maximum atomic E-state index is 12.5. The Hall–Kier alpha value is -4.58. The molecule has 1 atom stereocenters. The van der Waals surface area contributed by atoms with Gasteiger partial charge in [-0.25, -0.2) is 14.6 Å². The first-order valence-electron chi connectivity index (χ1n) is 10.5. The van der Waals surface area contributed by atoms with Crippen molar-refractivity contribution in [3.05, 3.63) is 77.5 Å². The largest absolute Gasteiger partial charge is 0.476 e. The third-order valence-electron chi connectivity index (χ3n) is 5.54. The highest BCUT2D eigenvalue weighted by Gasteiger charge is 2.30. The Morgan fingerprint density at radius 3 is 2.38 bits per heavy atom. The fourth-order valence-electron chi connectivity index (χ4n) is 3.97. The zero-order chi connectivity index (χ0) is 24.1. The number of fused-ring (bicyclic) bond motifs is 3. The van der Waals surface area contributed by atoms with Crippen molar-refractivity contribution in [1.29, 1.82) is 0 Å². The Bertz CT molecular complexity index is 1230. The average Bonchev–Trinajstić information content (AvgIpc) is 3.44. The van der Waals surface area contributed by atoms with Gasteiger partial charge in [-0.1, -0.05) is 48.5 Å². The van der Waals surface area contributed by atoms with E-state index in [0.29, 0.717) is 0 Å². The first-order valence-corrected chi connectivity index (χ1v) is 10.5.